The minimum atomic E-state index is -2.97. The lowest BCUT2D eigenvalue weighted by molar-refractivity contribution is -0.114. The van der Waals surface area contributed by atoms with Crippen LogP contribution in [0, 0.1) is 0 Å². The molecular formula is C15H12BrClF2N2O2. The Hall–Kier alpha value is -1.86. The molecule has 0 fully saturated rings. The van der Waals surface area contributed by atoms with Gasteiger partial charge < -0.3 is 15.4 Å². The Morgan fingerprint density at radius 2 is 1.96 bits per heavy atom. The summed E-state index contributed by atoms with van der Waals surface area (Å²) in [7, 11) is 0. The van der Waals surface area contributed by atoms with Crippen LogP contribution in [0.25, 0.3) is 0 Å². The van der Waals surface area contributed by atoms with E-state index in [4.69, 9.17) is 11.6 Å². The molecule has 23 heavy (non-hydrogen) atoms. The van der Waals surface area contributed by atoms with Gasteiger partial charge in [-0.3, -0.25) is 4.79 Å². The molecule has 1 amide bonds. The van der Waals surface area contributed by atoms with E-state index in [0.717, 1.165) is 4.47 Å². The molecule has 8 heteroatoms. The highest BCUT2D eigenvalue weighted by Gasteiger charge is 2.11. The molecule has 2 N–H and O–H groups in total. The molecule has 0 aromatic heterocycles. The average Bonchev–Trinajstić information content (AvgIpc) is 2.48. The number of hydrogen-bond acceptors (Lipinski definition) is 3. The molecule has 2 aromatic carbocycles. The van der Waals surface area contributed by atoms with Gasteiger partial charge in [-0.1, -0.05) is 39.7 Å². The summed E-state index contributed by atoms with van der Waals surface area (Å²) in [6.07, 6.45) is 0. The van der Waals surface area contributed by atoms with Crippen molar-refractivity contribution < 1.29 is 18.3 Å². The van der Waals surface area contributed by atoms with E-state index in [2.05, 4.69) is 31.3 Å². The molecule has 0 heterocycles. The van der Waals surface area contributed by atoms with Gasteiger partial charge in [0.05, 0.1) is 22.9 Å². The van der Waals surface area contributed by atoms with E-state index in [1.165, 1.54) is 18.2 Å². The third-order valence-electron chi connectivity index (χ3n) is 2.75. The Kier molecular flexibility index (Phi) is 6.18. The number of carbonyl (C=O) groups is 1. The SMILES string of the molecule is O=C(CNc1ccc(Br)cc1Cl)Nc1ccccc1OC(F)F. The summed E-state index contributed by atoms with van der Waals surface area (Å²) in [5.74, 6) is -0.521. The second kappa shape index (κ2) is 8.12. The highest BCUT2D eigenvalue weighted by molar-refractivity contribution is 9.10. The van der Waals surface area contributed by atoms with Crippen LogP contribution in [0.3, 0.4) is 0 Å². The van der Waals surface area contributed by atoms with Gasteiger partial charge in [-0.25, -0.2) is 0 Å². The van der Waals surface area contributed by atoms with Gasteiger partial charge >= 0.3 is 6.61 Å². The zero-order valence-corrected chi connectivity index (χ0v) is 14.0. The maximum Gasteiger partial charge on any atom is 0.387 e. The zero-order valence-electron chi connectivity index (χ0n) is 11.7. The number of anilines is 2. The van der Waals surface area contributed by atoms with Crippen molar-refractivity contribution in [2.45, 2.75) is 6.61 Å². The van der Waals surface area contributed by atoms with E-state index >= 15 is 0 Å². The molecule has 2 rings (SSSR count). The number of ether oxygens (including phenoxy) is 1. The molecular weight excluding hydrogens is 394 g/mol. The fourth-order valence-electron chi connectivity index (χ4n) is 1.77. The topological polar surface area (TPSA) is 50.4 Å². The van der Waals surface area contributed by atoms with Gasteiger partial charge in [-0.15, -0.1) is 0 Å². The fourth-order valence-corrected chi connectivity index (χ4v) is 2.51. The average molecular weight is 406 g/mol. The number of amides is 1. The van der Waals surface area contributed by atoms with E-state index in [1.807, 2.05) is 0 Å². The third kappa shape index (κ3) is 5.37. The lowest BCUT2D eigenvalue weighted by Gasteiger charge is -2.12. The Morgan fingerprint density at radius 3 is 2.65 bits per heavy atom. The maximum absolute atomic E-state index is 12.3. The van der Waals surface area contributed by atoms with Crippen molar-refractivity contribution in [2.75, 3.05) is 17.2 Å². The van der Waals surface area contributed by atoms with E-state index in [0.29, 0.717) is 10.7 Å². The van der Waals surface area contributed by atoms with Gasteiger partial charge in [-0.2, -0.15) is 8.78 Å². The standard InChI is InChI=1S/C15H12BrClF2N2O2/c16-9-5-6-11(10(17)7-9)20-8-14(22)21-12-3-1-2-4-13(12)23-15(18)19/h1-7,15,20H,8H2,(H,21,22). The Labute approximate surface area is 144 Å². The van der Waals surface area contributed by atoms with Crippen molar-refractivity contribution >= 4 is 44.8 Å². The molecule has 122 valence electrons. The van der Waals surface area contributed by atoms with Crippen LogP contribution in [0.15, 0.2) is 46.9 Å². The minimum absolute atomic E-state index is 0.0790. The Balaban J connectivity index is 1.97. The minimum Gasteiger partial charge on any atom is -0.433 e. The van der Waals surface area contributed by atoms with Gasteiger partial charge in [0.2, 0.25) is 5.91 Å². The van der Waals surface area contributed by atoms with Crippen LogP contribution in [0.4, 0.5) is 20.2 Å². The molecule has 0 aliphatic carbocycles. The van der Waals surface area contributed by atoms with Crippen molar-refractivity contribution in [2.24, 2.45) is 0 Å². The molecule has 0 unspecified atom stereocenters. The first-order valence-corrected chi connectivity index (χ1v) is 7.65. The Bertz CT molecular complexity index is 701. The maximum atomic E-state index is 12.3. The predicted molar refractivity (Wildman–Crippen MR) is 89.3 cm³/mol. The smallest absolute Gasteiger partial charge is 0.387 e. The van der Waals surface area contributed by atoms with Crippen molar-refractivity contribution in [3.63, 3.8) is 0 Å². The summed E-state index contributed by atoms with van der Waals surface area (Å²) >= 11 is 9.31. The van der Waals surface area contributed by atoms with Crippen LogP contribution >= 0.6 is 27.5 Å². The summed E-state index contributed by atoms with van der Waals surface area (Å²) in [5.41, 5.74) is 0.753. The van der Waals surface area contributed by atoms with Crippen LogP contribution in [0.5, 0.6) is 5.75 Å². The third-order valence-corrected chi connectivity index (χ3v) is 3.55. The largest absolute Gasteiger partial charge is 0.433 e. The van der Waals surface area contributed by atoms with Crippen LogP contribution in [0.1, 0.15) is 0 Å². The van der Waals surface area contributed by atoms with Crippen molar-refractivity contribution in [3.05, 3.63) is 52.0 Å². The molecule has 0 bridgehead atoms. The summed E-state index contributed by atoms with van der Waals surface area (Å²) in [6.45, 7) is -3.04. The molecule has 4 nitrogen and oxygen atoms in total. The molecule has 0 aliphatic heterocycles. The van der Waals surface area contributed by atoms with Crippen molar-refractivity contribution in [1.29, 1.82) is 0 Å². The first-order valence-electron chi connectivity index (χ1n) is 6.48. The van der Waals surface area contributed by atoms with Gasteiger partial charge in [0, 0.05) is 4.47 Å². The quantitative estimate of drug-likeness (QED) is 0.729. The van der Waals surface area contributed by atoms with E-state index in [-0.39, 0.29) is 18.0 Å². The van der Waals surface area contributed by atoms with E-state index in [9.17, 15) is 13.6 Å². The van der Waals surface area contributed by atoms with Crippen LogP contribution in [-0.2, 0) is 4.79 Å². The van der Waals surface area contributed by atoms with Gasteiger partial charge in [0.15, 0.2) is 0 Å². The second-order valence-electron chi connectivity index (χ2n) is 4.40. The lowest BCUT2D eigenvalue weighted by atomic mass is 10.3. The first-order chi connectivity index (χ1) is 11.0. The van der Waals surface area contributed by atoms with Gasteiger partial charge in [0.1, 0.15) is 5.75 Å². The molecule has 0 atom stereocenters. The highest BCUT2D eigenvalue weighted by atomic mass is 79.9. The first kappa shape index (κ1) is 17.5. The number of nitrogens with one attached hydrogen (secondary N) is 2. The summed E-state index contributed by atoms with van der Waals surface area (Å²) in [4.78, 5) is 11.9. The highest BCUT2D eigenvalue weighted by Crippen LogP contribution is 2.27. The number of para-hydroxylation sites is 2. The number of rotatable bonds is 6. The summed E-state index contributed by atoms with van der Waals surface area (Å²) in [5, 5.41) is 5.82. The van der Waals surface area contributed by atoms with Crippen molar-refractivity contribution in [3.8, 4) is 5.75 Å². The summed E-state index contributed by atoms with van der Waals surface area (Å²) in [6, 6.07) is 11.1. The molecule has 0 aliphatic rings. The van der Waals surface area contributed by atoms with Crippen LogP contribution in [-0.4, -0.2) is 19.1 Å². The van der Waals surface area contributed by atoms with Crippen molar-refractivity contribution in [1.82, 2.24) is 0 Å². The number of halogens is 4. The zero-order chi connectivity index (χ0) is 16.8. The molecule has 2 aromatic rings. The second-order valence-corrected chi connectivity index (χ2v) is 5.72. The monoisotopic (exact) mass is 404 g/mol. The van der Waals surface area contributed by atoms with E-state index in [1.54, 1.807) is 24.3 Å². The fraction of sp³-hybridized carbons (Fsp3) is 0.133. The van der Waals surface area contributed by atoms with Gasteiger partial charge in [0.25, 0.3) is 0 Å². The van der Waals surface area contributed by atoms with Crippen LogP contribution < -0.4 is 15.4 Å². The predicted octanol–water partition coefficient (Wildman–Crippen LogP) is 4.75. The molecule has 0 saturated heterocycles. The summed E-state index contributed by atoms with van der Waals surface area (Å²) < 4.78 is 29.8. The molecule has 0 saturated carbocycles. The number of alkyl halides is 2. The number of carbonyl (C=O) groups excluding carboxylic acids is 1. The van der Waals surface area contributed by atoms with Gasteiger partial charge in [-0.05, 0) is 30.3 Å². The van der Waals surface area contributed by atoms with Crippen LogP contribution in [0.2, 0.25) is 5.02 Å². The lowest BCUT2D eigenvalue weighted by Crippen LogP contribution is -2.22. The van der Waals surface area contributed by atoms with E-state index < -0.39 is 12.5 Å². The normalized spacial score (nSPS) is 10.5. The molecule has 0 spiro atoms. The Morgan fingerprint density at radius 1 is 1.22 bits per heavy atom. The molecule has 0 radical (unpaired) electrons. The number of hydrogen-bond donors (Lipinski definition) is 2. The number of benzene rings is 2.